The lowest BCUT2D eigenvalue weighted by Crippen LogP contribution is -2.43. The van der Waals surface area contributed by atoms with Crippen molar-refractivity contribution in [2.45, 2.75) is 43.8 Å². The molecule has 0 saturated carbocycles. The van der Waals surface area contributed by atoms with Crippen LogP contribution in [0, 0.1) is 0 Å². The Morgan fingerprint density at radius 3 is 2.74 bits per heavy atom. The quantitative estimate of drug-likeness (QED) is 0.863. The molecule has 4 heteroatoms. The highest BCUT2D eigenvalue weighted by Gasteiger charge is 2.33. The van der Waals surface area contributed by atoms with E-state index in [1.54, 1.807) is 0 Å². The molecule has 0 spiro atoms. The molecule has 2 unspecified atom stereocenters. The third-order valence-electron chi connectivity index (χ3n) is 4.38. The number of nitrogens with one attached hydrogen (secondary N) is 2. The summed E-state index contributed by atoms with van der Waals surface area (Å²) in [5.41, 5.74) is 2.08. The van der Waals surface area contributed by atoms with Crippen molar-refractivity contribution < 1.29 is 0 Å². The molecule has 0 amide bonds. The van der Waals surface area contributed by atoms with E-state index in [0.717, 1.165) is 11.2 Å². The fraction of sp³-hybridized carbons (Fsp3) is 0.467. The van der Waals surface area contributed by atoms with Crippen LogP contribution in [0.15, 0.2) is 30.5 Å². The van der Waals surface area contributed by atoms with Gasteiger partial charge in [0, 0.05) is 23.5 Å². The molecule has 4 nitrogen and oxygen atoms in total. The van der Waals surface area contributed by atoms with Gasteiger partial charge in [0.1, 0.15) is 0 Å². The molecular formula is C15H18N4. The van der Waals surface area contributed by atoms with Crippen molar-refractivity contribution in [1.82, 2.24) is 15.5 Å². The van der Waals surface area contributed by atoms with E-state index in [0.29, 0.717) is 18.1 Å². The molecule has 2 bridgehead atoms. The van der Waals surface area contributed by atoms with Crippen molar-refractivity contribution in [3.63, 3.8) is 0 Å². The van der Waals surface area contributed by atoms with E-state index in [1.807, 2.05) is 18.3 Å². The van der Waals surface area contributed by atoms with Crippen molar-refractivity contribution in [3.05, 3.63) is 30.5 Å². The zero-order chi connectivity index (χ0) is 12.7. The van der Waals surface area contributed by atoms with Crippen LogP contribution in [0.1, 0.15) is 25.7 Å². The number of aromatic nitrogens is 2. The van der Waals surface area contributed by atoms with Gasteiger partial charge in [0.05, 0.1) is 17.4 Å². The number of hydrogen-bond acceptors (Lipinski definition) is 4. The number of rotatable bonds is 2. The highest BCUT2D eigenvalue weighted by molar-refractivity contribution is 5.90. The van der Waals surface area contributed by atoms with Crippen molar-refractivity contribution in [2.75, 3.05) is 5.32 Å². The summed E-state index contributed by atoms with van der Waals surface area (Å²) in [6.07, 6.45) is 6.95. The normalized spacial score (nSPS) is 29.6. The van der Waals surface area contributed by atoms with E-state index >= 15 is 0 Å². The fourth-order valence-corrected chi connectivity index (χ4v) is 3.52. The SMILES string of the molecule is c1ccc2c(NC3CC4CCC(C3)N4)cnnc2c1. The third kappa shape index (κ3) is 2.06. The summed E-state index contributed by atoms with van der Waals surface area (Å²) in [6.45, 7) is 0. The second kappa shape index (κ2) is 4.46. The van der Waals surface area contributed by atoms with Crippen LogP contribution in [-0.4, -0.2) is 28.3 Å². The largest absolute Gasteiger partial charge is 0.380 e. The molecule has 2 aliphatic heterocycles. The number of fused-ring (bicyclic) bond motifs is 3. The Morgan fingerprint density at radius 2 is 1.89 bits per heavy atom. The summed E-state index contributed by atoms with van der Waals surface area (Å²) in [7, 11) is 0. The Morgan fingerprint density at radius 1 is 1.11 bits per heavy atom. The molecule has 2 fully saturated rings. The van der Waals surface area contributed by atoms with Crippen molar-refractivity contribution in [1.29, 1.82) is 0 Å². The van der Waals surface area contributed by atoms with E-state index in [2.05, 4.69) is 33.0 Å². The van der Waals surface area contributed by atoms with Crippen LogP contribution in [0.5, 0.6) is 0 Å². The van der Waals surface area contributed by atoms with E-state index in [-0.39, 0.29) is 0 Å². The Labute approximate surface area is 112 Å². The molecule has 98 valence electrons. The Kier molecular flexibility index (Phi) is 2.62. The minimum absolute atomic E-state index is 0.561. The van der Waals surface area contributed by atoms with E-state index in [9.17, 15) is 0 Å². The van der Waals surface area contributed by atoms with Gasteiger partial charge in [-0.15, -0.1) is 0 Å². The standard InChI is InChI=1S/C15H18N4/c1-2-4-14-13(3-1)15(9-16-19-14)18-12-7-10-5-6-11(8-12)17-10/h1-4,9-12,17H,5-8H2,(H,18,19). The summed E-state index contributed by atoms with van der Waals surface area (Å²) in [4.78, 5) is 0. The Balaban J connectivity index is 1.61. The highest BCUT2D eigenvalue weighted by Crippen LogP contribution is 2.30. The molecule has 0 aliphatic carbocycles. The maximum absolute atomic E-state index is 4.17. The molecule has 4 rings (SSSR count). The van der Waals surface area contributed by atoms with Crippen LogP contribution in [0.4, 0.5) is 5.69 Å². The topological polar surface area (TPSA) is 49.8 Å². The first kappa shape index (κ1) is 11.2. The molecule has 2 saturated heterocycles. The van der Waals surface area contributed by atoms with Gasteiger partial charge in [-0.05, 0) is 31.7 Å². The molecule has 1 aromatic carbocycles. The molecule has 2 aromatic rings. The number of anilines is 1. The van der Waals surface area contributed by atoms with E-state index in [1.165, 1.54) is 31.1 Å². The lowest BCUT2D eigenvalue weighted by molar-refractivity contribution is 0.378. The summed E-state index contributed by atoms with van der Waals surface area (Å²) in [5, 5.41) is 16.8. The highest BCUT2D eigenvalue weighted by atomic mass is 15.1. The summed E-state index contributed by atoms with van der Waals surface area (Å²) in [5.74, 6) is 0. The lowest BCUT2D eigenvalue weighted by Gasteiger charge is -2.30. The number of benzene rings is 1. The maximum Gasteiger partial charge on any atom is 0.0950 e. The number of nitrogens with zero attached hydrogens (tertiary/aromatic N) is 2. The molecule has 19 heavy (non-hydrogen) atoms. The van der Waals surface area contributed by atoms with Crippen LogP contribution < -0.4 is 10.6 Å². The van der Waals surface area contributed by atoms with Crippen LogP contribution in [0.3, 0.4) is 0 Å². The zero-order valence-electron chi connectivity index (χ0n) is 10.8. The lowest BCUT2D eigenvalue weighted by atomic mass is 9.99. The molecule has 1 aromatic heterocycles. The van der Waals surface area contributed by atoms with Gasteiger partial charge in [0.15, 0.2) is 0 Å². The van der Waals surface area contributed by atoms with Crippen LogP contribution in [0.2, 0.25) is 0 Å². The molecular weight excluding hydrogens is 236 g/mol. The summed E-state index contributed by atoms with van der Waals surface area (Å²) < 4.78 is 0. The average molecular weight is 254 g/mol. The van der Waals surface area contributed by atoms with Crippen LogP contribution in [0.25, 0.3) is 10.9 Å². The van der Waals surface area contributed by atoms with Gasteiger partial charge in [0.2, 0.25) is 0 Å². The van der Waals surface area contributed by atoms with Gasteiger partial charge < -0.3 is 10.6 Å². The van der Waals surface area contributed by atoms with Gasteiger partial charge in [-0.25, -0.2) is 0 Å². The van der Waals surface area contributed by atoms with Gasteiger partial charge in [-0.2, -0.15) is 10.2 Å². The monoisotopic (exact) mass is 254 g/mol. The summed E-state index contributed by atoms with van der Waals surface area (Å²) in [6, 6.07) is 10.2. The van der Waals surface area contributed by atoms with Crippen molar-refractivity contribution in [2.24, 2.45) is 0 Å². The van der Waals surface area contributed by atoms with E-state index in [4.69, 9.17) is 0 Å². The van der Waals surface area contributed by atoms with Gasteiger partial charge >= 0.3 is 0 Å². The Bertz CT molecular complexity index is 580. The minimum atomic E-state index is 0.561. The minimum Gasteiger partial charge on any atom is -0.380 e. The first-order chi connectivity index (χ1) is 9.38. The summed E-state index contributed by atoms with van der Waals surface area (Å²) >= 11 is 0. The third-order valence-corrected chi connectivity index (χ3v) is 4.38. The van der Waals surface area contributed by atoms with Crippen LogP contribution in [-0.2, 0) is 0 Å². The zero-order valence-corrected chi connectivity index (χ0v) is 10.8. The smallest absolute Gasteiger partial charge is 0.0950 e. The van der Waals surface area contributed by atoms with Gasteiger partial charge in [-0.1, -0.05) is 18.2 Å². The van der Waals surface area contributed by atoms with E-state index < -0.39 is 0 Å². The molecule has 2 aliphatic rings. The number of hydrogen-bond donors (Lipinski definition) is 2. The van der Waals surface area contributed by atoms with Gasteiger partial charge in [-0.3, -0.25) is 0 Å². The van der Waals surface area contributed by atoms with Crippen molar-refractivity contribution in [3.8, 4) is 0 Å². The predicted molar refractivity (Wildman–Crippen MR) is 76.1 cm³/mol. The maximum atomic E-state index is 4.17. The second-order valence-corrected chi connectivity index (χ2v) is 5.73. The number of piperidine rings is 1. The molecule has 2 atom stereocenters. The van der Waals surface area contributed by atoms with Crippen molar-refractivity contribution >= 4 is 16.6 Å². The fourth-order valence-electron chi connectivity index (χ4n) is 3.52. The first-order valence-corrected chi connectivity index (χ1v) is 7.11. The molecule has 2 N–H and O–H groups in total. The first-order valence-electron chi connectivity index (χ1n) is 7.11. The predicted octanol–water partition coefficient (Wildman–Crippen LogP) is 2.32. The van der Waals surface area contributed by atoms with Gasteiger partial charge in [0.25, 0.3) is 0 Å². The van der Waals surface area contributed by atoms with Crippen LogP contribution >= 0.6 is 0 Å². The molecule has 0 radical (unpaired) electrons. The second-order valence-electron chi connectivity index (χ2n) is 5.73. The Hall–Kier alpha value is -1.68. The average Bonchev–Trinajstić information content (AvgIpc) is 2.78. The molecule has 3 heterocycles.